The number of fused-ring (bicyclic) bond motifs is 1. The van der Waals surface area contributed by atoms with Gasteiger partial charge in [0.1, 0.15) is 5.69 Å². The van der Waals surface area contributed by atoms with E-state index in [0.29, 0.717) is 23.0 Å². The first-order valence-corrected chi connectivity index (χ1v) is 8.03. The molecule has 4 rings (SSSR count). The van der Waals surface area contributed by atoms with Crippen molar-refractivity contribution in [3.8, 4) is 11.3 Å². The van der Waals surface area contributed by atoms with Crippen molar-refractivity contribution in [3.05, 3.63) is 64.3 Å². The number of anilines is 1. The summed E-state index contributed by atoms with van der Waals surface area (Å²) < 4.78 is 5.35. The van der Waals surface area contributed by atoms with Gasteiger partial charge in [-0.1, -0.05) is 35.0 Å². The van der Waals surface area contributed by atoms with Crippen LogP contribution in [-0.2, 0) is 6.54 Å². The highest BCUT2D eigenvalue weighted by Gasteiger charge is 2.19. The maximum atomic E-state index is 12.4. The van der Waals surface area contributed by atoms with E-state index >= 15 is 0 Å². The maximum absolute atomic E-state index is 12.4. The molecule has 2 aromatic carbocycles. The minimum absolute atomic E-state index is 0.182. The zero-order chi connectivity index (χ0) is 17.4. The van der Waals surface area contributed by atoms with Gasteiger partial charge >= 0.3 is 0 Å². The van der Waals surface area contributed by atoms with Gasteiger partial charge in [0.15, 0.2) is 11.5 Å². The van der Waals surface area contributed by atoms with Gasteiger partial charge in [0.05, 0.1) is 6.54 Å². The summed E-state index contributed by atoms with van der Waals surface area (Å²) in [6.45, 7) is 2.44. The lowest BCUT2D eigenvalue weighted by molar-refractivity contribution is 0.101. The molecule has 1 amide bonds. The predicted octanol–water partition coefficient (Wildman–Crippen LogP) is 5.15. The summed E-state index contributed by atoms with van der Waals surface area (Å²) in [5.74, 6) is 0.111. The molecule has 1 aliphatic rings. The number of amides is 1. The third-order valence-corrected chi connectivity index (χ3v) is 4.22. The Labute approximate surface area is 148 Å². The monoisotopic (exact) mass is 352 g/mol. The first kappa shape index (κ1) is 15.5. The third-order valence-electron chi connectivity index (χ3n) is 3.99. The van der Waals surface area contributed by atoms with E-state index < -0.39 is 0 Å². The van der Waals surface area contributed by atoms with Crippen molar-refractivity contribution in [2.75, 3.05) is 5.32 Å². The average molecular weight is 353 g/mol. The number of hydrogen-bond donors (Lipinski definition) is 1. The minimum Gasteiger partial charge on any atom is -0.355 e. The molecule has 0 unspecified atom stereocenters. The van der Waals surface area contributed by atoms with Crippen molar-refractivity contribution in [3.63, 3.8) is 0 Å². The van der Waals surface area contributed by atoms with Crippen molar-refractivity contribution >= 4 is 28.9 Å². The second-order valence-corrected chi connectivity index (χ2v) is 6.14. The van der Waals surface area contributed by atoms with Crippen LogP contribution in [0.1, 0.15) is 21.6 Å². The van der Waals surface area contributed by atoms with Crippen LogP contribution in [0.3, 0.4) is 0 Å². The van der Waals surface area contributed by atoms with Gasteiger partial charge in [-0.05, 0) is 30.7 Å². The molecule has 2 heterocycles. The van der Waals surface area contributed by atoms with E-state index in [2.05, 4.69) is 20.7 Å². The van der Waals surface area contributed by atoms with Crippen LogP contribution in [0, 0.1) is 6.92 Å². The number of aryl methyl sites for hydroxylation is 1. The Kier molecular flexibility index (Phi) is 3.82. The highest BCUT2D eigenvalue weighted by molar-refractivity contribution is 6.31. The maximum Gasteiger partial charge on any atom is 0.277 e. The van der Waals surface area contributed by atoms with Gasteiger partial charge < -0.3 is 9.84 Å². The summed E-state index contributed by atoms with van der Waals surface area (Å²) in [5.41, 5.74) is 4.27. The second-order valence-electron chi connectivity index (χ2n) is 5.70. The molecule has 1 N–H and O–H groups in total. The highest BCUT2D eigenvalue weighted by atomic mass is 35.5. The zero-order valence-electron chi connectivity index (χ0n) is 13.3. The number of rotatable bonds is 3. The number of nitrogens with one attached hydrogen (secondary N) is 1. The molecule has 25 heavy (non-hydrogen) atoms. The lowest BCUT2D eigenvalue weighted by atomic mass is 10.1. The topological polar surface area (TPSA) is 79.9 Å². The van der Waals surface area contributed by atoms with Crippen LogP contribution in [0.25, 0.3) is 11.3 Å². The molecule has 6 nitrogen and oxygen atoms in total. The molecule has 0 spiro atoms. The lowest BCUT2D eigenvalue weighted by Gasteiger charge is -2.06. The first-order valence-electron chi connectivity index (χ1n) is 7.66. The Morgan fingerprint density at radius 1 is 1.24 bits per heavy atom. The van der Waals surface area contributed by atoms with Gasteiger partial charge in [0, 0.05) is 27.9 Å². The number of nitrogens with zero attached hydrogens (tertiary/aromatic N) is 3. The molecule has 7 heteroatoms. The summed E-state index contributed by atoms with van der Waals surface area (Å²) in [6, 6.07) is 12.6. The van der Waals surface area contributed by atoms with Gasteiger partial charge in [-0.2, -0.15) is 10.2 Å². The summed E-state index contributed by atoms with van der Waals surface area (Å²) in [7, 11) is 0. The Balaban J connectivity index is 1.61. The van der Waals surface area contributed by atoms with E-state index in [0.717, 1.165) is 22.4 Å². The summed E-state index contributed by atoms with van der Waals surface area (Å²) >= 11 is 5.98. The van der Waals surface area contributed by atoms with E-state index in [9.17, 15) is 4.79 Å². The number of aromatic nitrogens is 1. The summed E-state index contributed by atoms with van der Waals surface area (Å²) in [6.07, 6.45) is 0. The van der Waals surface area contributed by atoms with Gasteiger partial charge in [-0.15, -0.1) is 0 Å². The normalized spacial score (nSPS) is 12.2. The molecule has 0 radical (unpaired) electrons. The Bertz CT molecular complexity index is 1010. The molecule has 0 bridgehead atoms. The summed E-state index contributed by atoms with van der Waals surface area (Å²) in [5, 5.41) is 15.4. The van der Waals surface area contributed by atoms with Gasteiger partial charge in [-0.25, -0.2) is 0 Å². The highest BCUT2D eigenvalue weighted by Crippen LogP contribution is 2.37. The van der Waals surface area contributed by atoms with Gasteiger partial charge in [-0.3, -0.25) is 4.79 Å². The van der Waals surface area contributed by atoms with E-state index in [1.165, 1.54) is 0 Å². The third kappa shape index (κ3) is 2.92. The van der Waals surface area contributed by atoms with Crippen LogP contribution >= 0.6 is 11.6 Å². The van der Waals surface area contributed by atoms with Gasteiger partial charge in [0.2, 0.25) is 0 Å². The number of hydrogen-bond acceptors (Lipinski definition) is 5. The Hall–Kier alpha value is -2.99. The van der Waals surface area contributed by atoms with E-state index in [1.807, 2.05) is 31.2 Å². The first-order chi connectivity index (χ1) is 12.1. The lowest BCUT2D eigenvalue weighted by Crippen LogP contribution is -2.13. The molecular formula is C18H13ClN4O2. The van der Waals surface area contributed by atoms with Crippen molar-refractivity contribution in [1.29, 1.82) is 0 Å². The van der Waals surface area contributed by atoms with Crippen LogP contribution in [0.4, 0.5) is 11.4 Å². The standard InChI is InChI=1S/C18H13ClN4O2/c1-10-5-6-12(19)7-14(10)21-18(24)15-8-16(25-23-15)13-4-2-3-11-9-20-22-17(11)13/h2-8H,9H2,1H3,(H,21,24). The number of benzene rings is 2. The van der Waals surface area contributed by atoms with Crippen molar-refractivity contribution < 1.29 is 9.32 Å². The fraction of sp³-hybridized carbons (Fsp3) is 0.111. The molecule has 0 aliphatic carbocycles. The minimum atomic E-state index is -0.366. The quantitative estimate of drug-likeness (QED) is 0.707. The Morgan fingerprint density at radius 3 is 3.00 bits per heavy atom. The fourth-order valence-corrected chi connectivity index (χ4v) is 2.81. The van der Waals surface area contributed by atoms with Crippen molar-refractivity contribution in [2.45, 2.75) is 13.5 Å². The van der Waals surface area contributed by atoms with Gasteiger partial charge in [0.25, 0.3) is 5.91 Å². The SMILES string of the molecule is Cc1ccc(Cl)cc1NC(=O)c1cc(-c2cccc3c2N=NC3)on1. The number of azo groups is 1. The van der Waals surface area contributed by atoms with Crippen molar-refractivity contribution in [2.24, 2.45) is 10.2 Å². The molecule has 1 aliphatic heterocycles. The number of carbonyl (C=O) groups is 1. The molecule has 0 saturated heterocycles. The Morgan fingerprint density at radius 2 is 2.12 bits per heavy atom. The van der Waals surface area contributed by atoms with Crippen LogP contribution < -0.4 is 5.32 Å². The molecule has 3 aromatic rings. The molecule has 0 atom stereocenters. The van der Waals surface area contributed by atoms with E-state index in [-0.39, 0.29) is 11.6 Å². The predicted molar refractivity (Wildman–Crippen MR) is 94.3 cm³/mol. The second kappa shape index (κ2) is 6.14. The largest absolute Gasteiger partial charge is 0.355 e. The zero-order valence-corrected chi connectivity index (χ0v) is 14.0. The van der Waals surface area contributed by atoms with E-state index in [1.54, 1.807) is 18.2 Å². The van der Waals surface area contributed by atoms with E-state index in [4.69, 9.17) is 16.1 Å². The molecule has 1 aromatic heterocycles. The van der Waals surface area contributed by atoms with Crippen LogP contribution in [-0.4, -0.2) is 11.1 Å². The average Bonchev–Trinajstić information content (AvgIpc) is 3.26. The molecule has 0 saturated carbocycles. The molecule has 124 valence electrons. The molecular weight excluding hydrogens is 340 g/mol. The van der Waals surface area contributed by atoms with Crippen LogP contribution in [0.15, 0.2) is 57.2 Å². The molecule has 0 fully saturated rings. The summed E-state index contributed by atoms with van der Waals surface area (Å²) in [4.78, 5) is 12.4. The smallest absolute Gasteiger partial charge is 0.277 e. The number of halogens is 1. The van der Waals surface area contributed by atoms with Crippen molar-refractivity contribution in [1.82, 2.24) is 5.16 Å². The van der Waals surface area contributed by atoms with Crippen LogP contribution in [0.5, 0.6) is 0 Å². The fourth-order valence-electron chi connectivity index (χ4n) is 2.64. The van der Waals surface area contributed by atoms with Crippen LogP contribution in [0.2, 0.25) is 5.02 Å². The number of carbonyl (C=O) groups excluding carboxylic acids is 1.